The summed E-state index contributed by atoms with van der Waals surface area (Å²) in [5, 5.41) is 3.24. The third kappa shape index (κ3) is 4.99. The molecule has 1 aliphatic rings. The van der Waals surface area contributed by atoms with Crippen molar-refractivity contribution in [3.63, 3.8) is 0 Å². The van der Waals surface area contributed by atoms with Crippen molar-refractivity contribution in [2.75, 3.05) is 7.11 Å². The van der Waals surface area contributed by atoms with Crippen molar-refractivity contribution in [3.8, 4) is 0 Å². The zero-order valence-electron chi connectivity index (χ0n) is 9.10. The molecule has 0 radical (unpaired) electrons. The molecule has 1 saturated heterocycles. The molecule has 0 aliphatic carbocycles. The van der Waals surface area contributed by atoms with Gasteiger partial charge in [0, 0.05) is 13.8 Å². The summed E-state index contributed by atoms with van der Waals surface area (Å²) in [6.07, 6.45) is -0.0278. The minimum atomic E-state index is -0.417. The average molecular weight is 229 g/mol. The molecule has 1 fully saturated rings. The summed E-state index contributed by atoms with van der Waals surface area (Å²) in [5.74, 6) is -1.59. The number of carbonyl (C=O) groups is 4. The van der Waals surface area contributed by atoms with Crippen molar-refractivity contribution in [2.24, 2.45) is 5.16 Å². The maximum Gasteiger partial charge on any atom is 0.324 e. The van der Waals surface area contributed by atoms with Crippen LogP contribution < -0.4 is 0 Å². The molecule has 0 aromatic heterocycles. The number of rotatable bonds is 3. The van der Waals surface area contributed by atoms with Crippen LogP contribution in [0.5, 0.6) is 0 Å². The second kappa shape index (κ2) is 6.44. The lowest BCUT2D eigenvalue weighted by atomic mass is 10.2. The molecule has 0 N–H and O–H groups in total. The third-order valence-corrected chi connectivity index (χ3v) is 1.37. The number of cyclic esters (lactones) is 2. The lowest BCUT2D eigenvalue weighted by molar-refractivity contribution is -0.174. The predicted octanol–water partition coefficient (Wildman–Crippen LogP) is -0.373. The number of carbonyl (C=O) groups excluding carboxylic acids is 4. The zero-order chi connectivity index (χ0) is 12.7. The summed E-state index contributed by atoms with van der Waals surface area (Å²) in [5.41, 5.74) is -0.150. The molecule has 0 saturated carbocycles. The second-order valence-corrected chi connectivity index (χ2v) is 2.76. The van der Waals surface area contributed by atoms with Crippen molar-refractivity contribution in [3.05, 3.63) is 0 Å². The van der Waals surface area contributed by atoms with Crippen molar-refractivity contribution in [1.82, 2.24) is 0 Å². The Morgan fingerprint density at radius 3 is 1.62 bits per heavy atom. The lowest BCUT2D eigenvalue weighted by Crippen LogP contribution is -2.26. The molecule has 1 aliphatic heterocycles. The molecule has 7 heteroatoms. The monoisotopic (exact) mass is 229 g/mol. The summed E-state index contributed by atoms with van der Waals surface area (Å²) in [4.78, 5) is 44.7. The van der Waals surface area contributed by atoms with Gasteiger partial charge in [-0.1, -0.05) is 5.16 Å². The minimum absolute atomic E-state index is 0.0278. The smallest absolute Gasteiger partial charge is 0.324 e. The van der Waals surface area contributed by atoms with Gasteiger partial charge in [0.1, 0.15) is 13.5 Å². The van der Waals surface area contributed by atoms with Crippen molar-refractivity contribution < 1.29 is 28.8 Å². The Morgan fingerprint density at radius 1 is 1.19 bits per heavy atom. The topological polar surface area (TPSA) is 99.1 Å². The van der Waals surface area contributed by atoms with Gasteiger partial charge < -0.3 is 9.57 Å². The standard InChI is InChI=1S/C6H9NO3.C3H2O3/c1-4(8)6(5(2)9)7-10-3;4-2-1-3(5)6-2/h1-3H3;1H2. The number of ether oxygens (including phenoxy) is 1. The maximum absolute atomic E-state index is 10.5. The van der Waals surface area contributed by atoms with Crippen molar-refractivity contribution >= 4 is 29.2 Å². The highest BCUT2D eigenvalue weighted by Crippen LogP contribution is 2.00. The van der Waals surface area contributed by atoms with Gasteiger partial charge in [-0.25, -0.2) is 0 Å². The molecule has 7 nitrogen and oxygen atoms in total. The first-order valence-electron chi connectivity index (χ1n) is 4.25. The van der Waals surface area contributed by atoms with E-state index in [0.717, 1.165) is 0 Å². The summed E-state index contributed by atoms with van der Waals surface area (Å²) < 4.78 is 3.86. The first-order valence-corrected chi connectivity index (χ1v) is 4.25. The fraction of sp³-hybridized carbons (Fsp3) is 0.444. The molecule has 16 heavy (non-hydrogen) atoms. The van der Waals surface area contributed by atoms with Crippen LogP contribution in [0.3, 0.4) is 0 Å². The SMILES string of the molecule is CON=C(C(C)=O)C(C)=O.O=C1CC(=O)O1. The van der Waals surface area contributed by atoms with Crippen LogP contribution in [0.25, 0.3) is 0 Å². The maximum atomic E-state index is 10.5. The zero-order valence-corrected chi connectivity index (χ0v) is 9.10. The Kier molecular flexibility index (Phi) is 5.61. The quantitative estimate of drug-likeness (QED) is 0.283. The van der Waals surface area contributed by atoms with Crippen LogP contribution in [0.15, 0.2) is 5.16 Å². The Morgan fingerprint density at radius 2 is 1.56 bits per heavy atom. The van der Waals surface area contributed by atoms with Crippen LogP contribution in [-0.4, -0.2) is 36.3 Å². The summed E-state index contributed by atoms with van der Waals surface area (Å²) in [6.45, 7) is 2.53. The summed E-state index contributed by atoms with van der Waals surface area (Å²) in [7, 11) is 1.28. The number of oxime groups is 1. The second-order valence-electron chi connectivity index (χ2n) is 2.76. The van der Waals surface area contributed by atoms with Crippen molar-refractivity contribution in [2.45, 2.75) is 20.3 Å². The average Bonchev–Trinajstić information content (AvgIpc) is 2.12. The van der Waals surface area contributed by atoms with Crippen LogP contribution in [0.2, 0.25) is 0 Å². The largest absolute Gasteiger partial charge is 0.398 e. The van der Waals surface area contributed by atoms with Gasteiger partial charge in [0.15, 0.2) is 17.3 Å². The highest BCUT2D eigenvalue weighted by molar-refractivity contribution is 6.65. The first kappa shape index (κ1) is 13.9. The van der Waals surface area contributed by atoms with E-state index in [-0.39, 0.29) is 23.7 Å². The molecule has 0 unspecified atom stereocenters. The highest BCUT2D eigenvalue weighted by Gasteiger charge is 2.24. The molecular weight excluding hydrogens is 218 g/mol. The first-order chi connectivity index (χ1) is 7.38. The highest BCUT2D eigenvalue weighted by atomic mass is 16.6. The number of esters is 2. The number of nitrogens with zero attached hydrogens (tertiary/aromatic N) is 1. The lowest BCUT2D eigenvalue weighted by Gasteiger charge is -2.06. The van der Waals surface area contributed by atoms with E-state index in [1.807, 2.05) is 0 Å². The molecule has 0 amide bonds. The van der Waals surface area contributed by atoms with Crippen LogP contribution in [-0.2, 0) is 28.8 Å². The van der Waals surface area contributed by atoms with Gasteiger partial charge in [0.2, 0.25) is 0 Å². The number of hydrogen-bond acceptors (Lipinski definition) is 7. The molecule has 0 spiro atoms. The van der Waals surface area contributed by atoms with E-state index in [9.17, 15) is 19.2 Å². The van der Waals surface area contributed by atoms with E-state index in [1.165, 1.54) is 21.0 Å². The molecular formula is C9H11NO6. The van der Waals surface area contributed by atoms with Gasteiger partial charge in [-0.3, -0.25) is 19.2 Å². The predicted molar refractivity (Wildman–Crippen MR) is 51.5 cm³/mol. The fourth-order valence-corrected chi connectivity index (χ4v) is 0.704. The van der Waals surface area contributed by atoms with Gasteiger partial charge in [-0.2, -0.15) is 0 Å². The van der Waals surface area contributed by atoms with Crippen LogP contribution in [0.1, 0.15) is 20.3 Å². The van der Waals surface area contributed by atoms with E-state index in [1.54, 1.807) is 0 Å². The molecule has 0 aromatic rings. The van der Waals surface area contributed by atoms with Gasteiger partial charge >= 0.3 is 11.9 Å². The summed E-state index contributed by atoms with van der Waals surface area (Å²) in [6, 6.07) is 0. The number of Topliss-reactive ketones (excluding diaryl/α,β-unsaturated/α-hetero) is 2. The van der Waals surface area contributed by atoms with Gasteiger partial charge in [0.05, 0.1) is 0 Å². The Bertz CT molecular complexity index is 319. The molecule has 88 valence electrons. The van der Waals surface area contributed by atoms with Gasteiger partial charge in [-0.05, 0) is 0 Å². The Labute approximate surface area is 91.4 Å². The van der Waals surface area contributed by atoms with Gasteiger partial charge in [0.25, 0.3) is 0 Å². The normalized spacial score (nSPS) is 12.4. The number of hydrogen-bond donors (Lipinski definition) is 0. The molecule has 0 bridgehead atoms. The molecule has 1 rings (SSSR count). The minimum Gasteiger partial charge on any atom is -0.398 e. The van der Waals surface area contributed by atoms with Crippen LogP contribution >= 0.6 is 0 Å². The van der Waals surface area contributed by atoms with E-state index in [0.29, 0.717) is 0 Å². The molecule has 1 heterocycles. The summed E-state index contributed by atoms with van der Waals surface area (Å²) >= 11 is 0. The van der Waals surface area contributed by atoms with Crippen molar-refractivity contribution in [1.29, 1.82) is 0 Å². The van der Waals surface area contributed by atoms with E-state index < -0.39 is 11.9 Å². The van der Waals surface area contributed by atoms with Crippen LogP contribution in [0, 0.1) is 0 Å². The van der Waals surface area contributed by atoms with Gasteiger partial charge in [-0.15, -0.1) is 0 Å². The third-order valence-electron chi connectivity index (χ3n) is 1.37. The van der Waals surface area contributed by atoms with Crippen LogP contribution in [0.4, 0.5) is 0 Å². The Hall–Kier alpha value is -2.05. The van der Waals surface area contributed by atoms with E-state index in [4.69, 9.17) is 0 Å². The fourth-order valence-electron chi connectivity index (χ4n) is 0.704. The van der Waals surface area contributed by atoms with E-state index in [2.05, 4.69) is 14.7 Å². The number of ketones is 2. The molecule has 0 atom stereocenters. The van der Waals surface area contributed by atoms with E-state index >= 15 is 0 Å². The molecule has 0 aromatic carbocycles. The Balaban J connectivity index is 0.000000315.